The van der Waals surface area contributed by atoms with E-state index in [0.717, 1.165) is 4.90 Å². The van der Waals surface area contributed by atoms with Crippen LogP contribution in [-0.2, 0) is 9.59 Å². The first-order chi connectivity index (χ1) is 15.7. The number of rotatable bonds is 7. The van der Waals surface area contributed by atoms with Crippen molar-refractivity contribution in [3.8, 4) is 23.0 Å². The van der Waals surface area contributed by atoms with E-state index in [1.807, 2.05) is 13.8 Å². The van der Waals surface area contributed by atoms with Crippen LogP contribution in [0.5, 0.6) is 23.0 Å². The normalized spacial score (nSPS) is 15.1. The summed E-state index contributed by atoms with van der Waals surface area (Å²) in [5, 5.41) is 2.40. The van der Waals surface area contributed by atoms with Gasteiger partial charge in [-0.05, 0) is 37.6 Å². The van der Waals surface area contributed by atoms with Crippen molar-refractivity contribution >= 4 is 41.2 Å². The maximum Gasteiger partial charge on any atom is 0.336 e. The largest absolute Gasteiger partial charge is 0.495 e. The van der Waals surface area contributed by atoms with Crippen molar-refractivity contribution < 1.29 is 33.3 Å². The van der Waals surface area contributed by atoms with Gasteiger partial charge in [0.15, 0.2) is 11.5 Å². The van der Waals surface area contributed by atoms with Gasteiger partial charge in [-0.1, -0.05) is 17.7 Å². The molecule has 33 heavy (non-hydrogen) atoms. The summed E-state index contributed by atoms with van der Waals surface area (Å²) < 4.78 is 21.5. The van der Waals surface area contributed by atoms with Crippen LogP contribution >= 0.6 is 11.6 Å². The molecule has 2 aromatic rings. The summed E-state index contributed by atoms with van der Waals surface area (Å²) in [5.41, 5.74) is 0.305. The van der Waals surface area contributed by atoms with Gasteiger partial charge in [0.2, 0.25) is 0 Å². The number of urea groups is 1. The second-order valence-electron chi connectivity index (χ2n) is 7.19. The molecule has 0 unspecified atom stereocenters. The molecule has 1 N–H and O–H groups in total. The molecule has 2 aromatic carbocycles. The van der Waals surface area contributed by atoms with Crippen molar-refractivity contribution in [1.82, 2.24) is 5.32 Å². The molecule has 1 heterocycles. The van der Waals surface area contributed by atoms with Crippen LogP contribution in [0.25, 0.3) is 6.08 Å². The Labute approximate surface area is 195 Å². The lowest BCUT2D eigenvalue weighted by molar-refractivity contribution is -0.122. The number of hydrogen-bond acceptors (Lipinski definition) is 7. The molecule has 1 aliphatic rings. The smallest absolute Gasteiger partial charge is 0.336 e. The summed E-state index contributed by atoms with van der Waals surface area (Å²) in [7, 11) is 4.24. The molecule has 0 radical (unpaired) electrons. The molecule has 0 bridgehead atoms. The molecule has 4 amide bonds. The first kappa shape index (κ1) is 23.9. The van der Waals surface area contributed by atoms with Crippen molar-refractivity contribution in [3.05, 3.63) is 46.5 Å². The standard InChI is InChI=1S/C23H23ClN2O7/c1-12(2)33-17-7-6-13(9-20(17)32-5)8-14-21(27)25-23(29)26(22(14)28)16-11-18(30-3)15(24)10-19(16)31-4/h6-12H,1-5H3,(H,25,27,29)/b14-8+. The highest BCUT2D eigenvalue weighted by molar-refractivity contribution is 6.39. The van der Waals surface area contributed by atoms with Gasteiger partial charge in [0.1, 0.15) is 17.1 Å². The number of nitrogens with zero attached hydrogens (tertiary/aromatic N) is 1. The van der Waals surface area contributed by atoms with E-state index < -0.39 is 17.8 Å². The van der Waals surface area contributed by atoms with E-state index in [4.69, 9.17) is 30.5 Å². The zero-order chi connectivity index (χ0) is 24.3. The second kappa shape index (κ2) is 9.83. The average Bonchev–Trinajstić information content (AvgIpc) is 2.77. The first-order valence-electron chi connectivity index (χ1n) is 9.87. The third kappa shape index (κ3) is 4.88. The van der Waals surface area contributed by atoms with E-state index >= 15 is 0 Å². The Bertz CT molecular complexity index is 1140. The van der Waals surface area contributed by atoms with E-state index in [1.165, 1.54) is 39.5 Å². The molecule has 0 aromatic heterocycles. The van der Waals surface area contributed by atoms with Gasteiger partial charge in [-0.3, -0.25) is 14.9 Å². The maximum atomic E-state index is 13.3. The summed E-state index contributed by atoms with van der Waals surface area (Å²) in [6.07, 6.45) is 1.29. The molecule has 9 nitrogen and oxygen atoms in total. The highest BCUT2D eigenvalue weighted by Gasteiger charge is 2.38. The van der Waals surface area contributed by atoms with E-state index in [-0.39, 0.29) is 33.9 Å². The minimum absolute atomic E-state index is 0.0675. The number of carbonyl (C=O) groups is 3. The predicted octanol–water partition coefficient (Wildman–Crippen LogP) is 3.82. The molecule has 0 atom stereocenters. The first-order valence-corrected chi connectivity index (χ1v) is 10.3. The van der Waals surface area contributed by atoms with Gasteiger partial charge < -0.3 is 18.9 Å². The van der Waals surface area contributed by atoms with Crippen LogP contribution in [0.15, 0.2) is 35.9 Å². The number of nitrogens with one attached hydrogen (secondary N) is 1. The Morgan fingerprint density at radius 3 is 2.18 bits per heavy atom. The van der Waals surface area contributed by atoms with Crippen molar-refractivity contribution in [2.75, 3.05) is 26.2 Å². The van der Waals surface area contributed by atoms with Gasteiger partial charge in [-0.2, -0.15) is 0 Å². The van der Waals surface area contributed by atoms with Crippen LogP contribution < -0.4 is 29.2 Å². The Hall–Kier alpha value is -3.72. The quantitative estimate of drug-likeness (QED) is 0.480. The number of barbiturate groups is 1. The van der Waals surface area contributed by atoms with Gasteiger partial charge in [0.05, 0.1) is 38.1 Å². The topological polar surface area (TPSA) is 103 Å². The van der Waals surface area contributed by atoms with Crippen molar-refractivity contribution in [2.45, 2.75) is 20.0 Å². The van der Waals surface area contributed by atoms with E-state index in [1.54, 1.807) is 18.2 Å². The monoisotopic (exact) mass is 474 g/mol. The molecule has 0 aliphatic carbocycles. The fraction of sp³-hybridized carbons (Fsp3) is 0.261. The van der Waals surface area contributed by atoms with E-state index in [2.05, 4.69) is 5.32 Å². The number of anilines is 1. The van der Waals surface area contributed by atoms with Gasteiger partial charge >= 0.3 is 6.03 Å². The minimum Gasteiger partial charge on any atom is -0.495 e. The third-order valence-corrected chi connectivity index (χ3v) is 4.95. The van der Waals surface area contributed by atoms with Gasteiger partial charge in [-0.15, -0.1) is 0 Å². The number of ether oxygens (including phenoxy) is 4. The number of benzene rings is 2. The second-order valence-corrected chi connectivity index (χ2v) is 7.60. The summed E-state index contributed by atoms with van der Waals surface area (Å²) in [6.45, 7) is 3.76. The molecule has 174 valence electrons. The number of carbonyl (C=O) groups excluding carboxylic acids is 3. The van der Waals surface area contributed by atoms with Gasteiger partial charge in [-0.25, -0.2) is 9.69 Å². The third-order valence-electron chi connectivity index (χ3n) is 4.66. The fourth-order valence-corrected chi connectivity index (χ4v) is 3.42. The van der Waals surface area contributed by atoms with Crippen molar-refractivity contribution in [2.24, 2.45) is 0 Å². The zero-order valence-electron chi connectivity index (χ0n) is 18.7. The summed E-state index contributed by atoms with van der Waals surface area (Å²) >= 11 is 6.13. The van der Waals surface area contributed by atoms with Crippen LogP contribution in [-0.4, -0.2) is 45.3 Å². The molecule has 3 rings (SSSR count). The molecular weight excluding hydrogens is 452 g/mol. The number of halogens is 1. The average molecular weight is 475 g/mol. The van der Waals surface area contributed by atoms with Gasteiger partial charge in [0, 0.05) is 12.1 Å². The lowest BCUT2D eigenvalue weighted by Crippen LogP contribution is -2.54. The lowest BCUT2D eigenvalue weighted by atomic mass is 10.1. The maximum absolute atomic E-state index is 13.3. The van der Waals surface area contributed by atoms with Crippen molar-refractivity contribution in [3.63, 3.8) is 0 Å². The van der Waals surface area contributed by atoms with Crippen LogP contribution in [0.2, 0.25) is 5.02 Å². The fourth-order valence-electron chi connectivity index (χ4n) is 3.19. The minimum atomic E-state index is -0.928. The Morgan fingerprint density at radius 1 is 0.909 bits per heavy atom. The highest BCUT2D eigenvalue weighted by atomic mass is 35.5. The Kier molecular flexibility index (Phi) is 7.13. The molecule has 0 saturated carbocycles. The molecule has 10 heteroatoms. The molecule has 1 fully saturated rings. The summed E-state index contributed by atoms with van der Waals surface area (Å²) in [5.74, 6) is -0.353. The summed E-state index contributed by atoms with van der Waals surface area (Å²) in [6, 6.07) is 6.83. The molecule has 1 saturated heterocycles. The molecular formula is C23H23ClN2O7. The van der Waals surface area contributed by atoms with E-state index in [9.17, 15) is 14.4 Å². The van der Waals surface area contributed by atoms with E-state index in [0.29, 0.717) is 17.1 Å². The van der Waals surface area contributed by atoms with Gasteiger partial charge in [0.25, 0.3) is 11.8 Å². The van der Waals surface area contributed by atoms with Crippen LogP contribution in [0.4, 0.5) is 10.5 Å². The highest BCUT2D eigenvalue weighted by Crippen LogP contribution is 2.39. The van der Waals surface area contributed by atoms with Crippen LogP contribution in [0, 0.1) is 0 Å². The molecule has 1 aliphatic heterocycles. The number of methoxy groups -OCH3 is 3. The Morgan fingerprint density at radius 2 is 1.58 bits per heavy atom. The SMILES string of the molecule is COc1cc(N2C(=O)NC(=O)/C(=C\c3ccc(OC(C)C)c(OC)c3)C2=O)c(OC)cc1Cl. The Balaban J connectivity index is 2.05. The number of hydrogen-bond donors (Lipinski definition) is 1. The predicted molar refractivity (Wildman–Crippen MR) is 122 cm³/mol. The zero-order valence-corrected chi connectivity index (χ0v) is 19.5. The van der Waals surface area contributed by atoms with Crippen LogP contribution in [0.3, 0.4) is 0 Å². The molecule has 0 spiro atoms. The van der Waals surface area contributed by atoms with Crippen LogP contribution in [0.1, 0.15) is 19.4 Å². The number of imide groups is 2. The number of amides is 4. The summed E-state index contributed by atoms with van der Waals surface area (Å²) in [4.78, 5) is 39.2. The van der Waals surface area contributed by atoms with Crippen molar-refractivity contribution in [1.29, 1.82) is 0 Å². The lowest BCUT2D eigenvalue weighted by Gasteiger charge is -2.28.